The second-order valence-corrected chi connectivity index (χ2v) is 21.0. The average Bonchev–Trinajstić information content (AvgIpc) is 4.52. The molecule has 0 radical (unpaired) electrons. The van der Waals surface area contributed by atoms with Gasteiger partial charge in [-0.05, 0) is 92.0 Å². The van der Waals surface area contributed by atoms with Gasteiger partial charge in [-0.1, -0.05) is 51.3 Å². The van der Waals surface area contributed by atoms with Gasteiger partial charge in [0, 0.05) is 37.3 Å². The Labute approximate surface area is 464 Å². The lowest BCUT2D eigenvalue weighted by Gasteiger charge is -2.25. The van der Waals surface area contributed by atoms with Crippen LogP contribution in [0.1, 0.15) is 92.0 Å². The summed E-state index contributed by atoms with van der Waals surface area (Å²) in [4.78, 5) is 96.3. The van der Waals surface area contributed by atoms with E-state index in [1.807, 2.05) is 0 Å². The Hall–Kier alpha value is -8.05. The maximum Gasteiger partial charge on any atom is 0.411 e. The molecule has 0 bridgehead atoms. The molecule has 3 aromatic rings. The highest BCUT2D eigenvalue weighted by molar-refractivity contribution is 6.05. The summed E-state index contributed by atoms with van der Waals surface area (Å²) < 4.78 is 39.4. The number of benzene rings is 3. The number of nitrogens with zero attached hydrogens (tertiary/aromatic N) is 2. The van der Waals surface area contributed by atoms with Crippen molar-refractivity contribution in [2.45, 2.75) is 96.5 Å². The number of carbonyl (C=O) groups is 7. The molecule has 3 aromatic carbocycles. The minimum absolute atomic E-state index is 0.00283. The summed E-state index contributed by atoms with van der Waals surface area (Å²) in [7, 11) is 2.83. The first-order valence-electron chi connectivity index (χ1n) is 26.6. The molecule has 0 unspecified atom stereocenters. The van der Waals surface area contributed by atoms with E-state index in [1.165, 1.54) is 57.6 Å². The van der Waals surface area contributed by atoms with Gasteiger partial charge in [0.15, 0.2) is 23.0 Å². The van der Waals surface area contributed by atoms with Crippen molar-refractivity contribution in [1.29, 1.82) is 0 Å². The summed E-state index contributed by atoms with van der Waals surface area (Å²) in [5.41, 5.74) is 1.26. The Morgan fingerprint density at radius 3 is 1.55 bits per heavy atom. The molecular formula is C57H73N7O16. The summed E-state index contributed by atoms with van der Waals surface area (Å²) in [6, 6.07) is 9.57. The molecule has 2 saturated heterocycles. The van der Waals surface area contributed by atoms with Crippen LogP contribution in [0.15, 0.2) is 73.8 Å². The van der Waals surface area contributed by atoms with Crippen molar-refractivity contribution in [3.63, 3.8) is 0 Å². The largest absolute Gasteiger partial charge is 0.493 e. The van der Waals surface area contributed by atoms with Crippen LogP contribution >= 0.6 is 0 Å². The fraction of sp³-hybridized carbons (Fsp3) is 0.491. The number of methoxy groups -OCH3 is 2. The van der Waals surface area contributed by atoms with Crippen molar-refractivity contribution < 1.29 is 76.9 Å². The lowest BCUT2D eigenvalue weighted by atomic mass is 10.0. The van der Waals surface area contributed by atoms with Crippen molar-refractivity contribution in [2.24, 2.45) is 16.7 Å². The Morgan fingerprint density at radius 1 is 0.637 bits per heavy atom. The van der Waals surface area contributed by atoms with Gasteiger partial charge < -0.3 is 69.1 Å². The van der Waals surface area contributed by atoms with Gasteiger partial charge in [0.05, 0.1) is 75.2 Å². The van der Waals surface area contributed by atoms with Gasteiger partial charge in [-0.3, -0.25) is 29.8 Å². The van der Waals surface area contributed by atoms with Crippen LogP contribution < -0.4 is 45.5 Å². The standard InChI is InChI=1S/C57H73N7O16/c1-8-19-78-53(71)60-42-25-46(44(74-6)23-40(42)51(69)63-32-56(15-16-56)27-38(63)29-65)76-21-10-22-77-47-26-43(41(24-45(47)75-7)52(70)64-33-57(17-18-57)28-39(64)30-66)61-54(72)80-31-36-11-13-37(14-12-36)59-49(67)35(5)58-50(68)48(34(3)4)62-55(73)79-20-9-2/h8-9,11-14,23-26,34-35,38-39,48,65-66H,1-2,10,15-22,27-33H2,3-7H3,(H,58,68)(H,59,67)(H,60,71)(H,61,72)(H,62,73)/t35-,38-,39-,48-/m0/s1. The normalized spacial score (nSPS) is 17.8. The molecule has 2 aliphatic carbocycles. The molecule has 2 heterocycles. The van der Waals surface area contributed by atoms with Gasteiger partial charge in [-0.15, -0.1) is 0 Å². The maximum absolute atomic E-state index is 14.4. The quantitative estimate of drug-likeness (QED) is 0.0260. The van der Waals surface area contributed by atoms with Gasteiger partial charge in [-0.25, -0.2) is 14.4 Å². The number of carbonyl (C=O) groups excluding carboxylic acids is 7. The minimum Gasteiger partial charge on any atom is -0.493 e. The highest BCUT2D eigenvalue weighted by atomic mass is 16.6. The summed E-state index contributed by atoms with van der Waals surface area (Å²) in [6.45, 7) is 12.3. The molecule has 7 N–H and O–H groups in total. The number of likely N-dealkylation sites (tertiary alicyclic amines) is 2. The Kier molecular flexibility index (Phi) is 19.9. The van der Waals surface area contributed by atoms with Crippen LogP contribution in [-0.4, -0.2) is 153 Å². The Morgan fingerprint density at radius 2 is 1.11 bits per heavy atom. The van der Waals surface area contributed by atoms with Gasteiger partial charge in [0.1, 0.15) is 31.9 Å². The number of aliphatic hydroxyl groups is 2. The van der Waals surface area contributed by atoms with Crippen molar-refractivity contribution in [3.8, 4) is 23.0 Å². The predicted octanol–water partition coefficient (Wildman–Crippen LogP) is 6.39. The molecule has 2 aliphatic heterocycles. The molecule has 7 rings (SSSR count). The van der Waals surface area contributed by atoms with Crippen molar-refractivity contribution >= 4 is 59.0 Å². The molecule has 23 heteroatoms. The molecule has 2 spiro atoms. The zero-order chi connectivity index (χ0) is 57.7. The van der Waals surface area contributed by atoms with Crippen LogP contribution in [0.4, 0.5) is 31.4 Å². The van der Waals surface area contributed by atoms with E-state index in [1.54, 1.807) is 47.9 Å². The molecule has 4 aliphatic rings. The molecule has 4 atom stereocenters. The van der Waals surface area contributed by atoms with E-state index in [0.29, 0.717) is 37.2 Å². The van der Waals surface area contributed by atoms with Gasteiger partial charge >= 0.3 is 18.3 Å². The second kappa shape index (κ2) is 26.7. The third kappa shape index (κ3) is 15.0. The average molecular weight is 1110 g/mol. The number of nitrogens with one attached hydrogen (secondary N) is 5. The fourth-order valence-electron chi connectivity index (χ4n) is 9.88. The van der Waals surface area contributed by atoms with E-state index in [0.717, 1.165) is 25.7 Å². The van der Waals surface area contributed by atoms with Crippen molar-refractivity contribution in [2.75, 3.05) is 82.9 Å². The number of aliphatic hydroxyl groups excluding tert-OH is 2. The number of hydrogen-bond acceptors (Lipinski definition) is 16. The number of hydrogen-bond donors (Lipinski definition) is 7. The third-order valence-corrected chi connectivity index (χ3v) is 14.7. The summed E-state index contributed by atoms with van der Waals surface area (Å²) in [5.74, 6) is -1.47. The number of anilines is 3. The first-order valence-corrected chi connectivity index (χ1v) is 26.6. The highest BCUT2D eigenvalue weighted by Gasteiger charge is 2.54. The molecular weight excluding hydrogens is 1040 g/mol. The number of alkyl carbamates (subject to hydrolysis) is 1. The lowest BCUT2D eigenvalue weighted by Crippen LogP contribution is -2.53. The van der Waals surface area contributed by atoms with Crippen molar-refractivity contribution in [3.05, 3.63) is 90.5 Å². The Balaban J connectivity index is 0.998. The molecule has 432 valence electrons. The summed E-state index contributed by atoms with van der Waals surface area (Å²) in [6.07, 6.45) is 5.72. The van der Waals surface area contributed by atoms with Crippen LogP contribution in [0, 0.1) is 16.7 Å². The smallest absolute Gasteiger partial charge is 0.411 e. The lowest BCUT2D eigenvalue weighted by molar-refractivity contribution is -0.128. The van der Waals surface area contributed by atoms with Crippen LogP contribution in [0.25, 0.3) is 0 Å². The monoisotopic (exact) mass is 1110 g/mol. The summed E-state index contributed by atoms with van der Waals surface area (Å²) >= 11 is 0. The molecule has 23 nitrogen and oxygen atoms in total. The van der Waals surface area contributed by atoms with E-state index in [4.69, 9.17) is 33.2 Å². The molecule has 80 heavy (non-hydrogen) atoms. The fourth-order valence-corrected chi connectivity index (χ4v) is 9.88. The van der Waals surface area contributed by atoms with E-state index in [2.05, 4.69) is 39.7 Å². The molecule has 7 amide bonds. The van der Waals surface area contributed by atoms with E-state index >= 15 is 0 Å². The number of amides is 7. The number of rotatable bonds is 26. The van der Waals surface area contributed by atoms with E-state index in [-0.39, 0.29) is 127 Å². The Bertz CT molecular complexity index is 2780. The molecule has 0 aromatic heterocycles. The number of ether oxygens (including phenoxy) is 7. The predicted molar refractivity (Wildman–Crippen MR) is 293 cm³/mol. The van der Waals surface area contributed by atoms with E-state index < -0.39 is 54.1 Å². The van der Waals surface area contributed by atoms with Crippen LogP contribution in [0.5, 0.6) is 23.0 Å². The summed E-state index contributed by atoms with van der Waals surface area (Å²) in [5, 5.41) is 33.7. The van der Waals surface area contributed by atoms with Gasteiger partial charge in [0.2, 0.25) is 11.8 Å². The van der Waals surface area contributed by atoms with Gasteiger partial charge in [-0.2, -0.15) is 0 Å². The van der Waals surface area contributed by atoms with Crippen LogP contribution in [0.3, 0.4) is 0 Å². The van der Waals surface area contributed by atoms with E-state index in [9.17, 15) is 43.8 Å². The van der Waals surface area contributed by atoms with Crippen LogP contribution in [-0.2, 0) is 30.4 Å². The van der Waals surface area contributed by atoms with Crippen molar-refractivity contribution in [1.82, 2.24) is 20.4 Å². The first kappa shape index (κ1) is 59.6. The minimum atomic E-state index is -0.984. The second-order valence-electron chi connectivity index (χ2n) is 21.0. The zero-order valence-electron chi connectivity index (χ0n) is 45.9. The maximum atomic E-state index is 14.4. The highest BCUT2D eigenvalue weighted by Crippen LogP contribution is 2.56. The molecule has 2 saturated carbocycles. The molecule has 4 fully saturated rings. The van der Waals surface area contributed by atoms with Crippen LogP contribution in [0.2, 0.25) is 0 Å². The third-order valence-electron chi connectivity index (χ3n) is 14.7. The first-order chi connectivity index (χ1) is 38.4. The topological polar surface area (TPSA) is 291 Å². The van der Waals surface area contributed by atoms with Gasteiger partial charge in [0.25, 0.3) is 11.8 Å². The SMILES string of the molecule is C=CCOC(=O)Nc1cc(OCCCOc2cc(NC(=O)OCc3ccc(NC(=O)[C@H](C)NC(=O)[C@@H](NC(=O)OCC=C)C(C)C)cc3)c(C(=O)N3CC4(CC4)C[C@H]3CO)cc2OC)c(OC)cc1C(=O)N1CC2(CC2)C[C@H]1CO. The zero-order valence-corrected chi connectivity index (χ0v) is 45.9.